The second kappa shape index (κ2) is 7.89. The van der Waals surface area contributed by atoms with Gasteiger partial charge >= 0.3 is 5.97 Å². The van der Waals surface area contributed by atoms with Crippen molar-refractivity contribution in [1.29, 1.82) is 0 Å². The van der Waals surface area contributed by atoms with Crippen molar-refractivity contribution in [3.8, 4) is 5.75 Å². The number of esters is 1. The molecule has 3 aromatic carbocycles. The molecule has 0 N–H and O–H groups in total. The highest BCUT2D eigenvalue weighted by Crippen LogP contribution is 2.46. The summed E-state index contributed by atoms with van der Waals surface area (Å²) >= 11 is 0. The molecule has 0 amide bonds. The maximum atomic E-state index is 13.1. The molecule has 3 aromatic rings. The highest BCUT2D eigenvalue weighted by Gasteiger charge is 2.45. The van der Waals surface area contributed by atoms with Crippen LogP contribution < -0.4 is 4.74 Å². The average Bonchev–Trinajstić information content (AvgIpc) is 2.74. The summed E-state index contributed by atoms with van der Waals surface area (Å²) in [5.74, 6) is 0.558. The van der Waals surface area contributed by atoms with Crippen LogP contribution in [0.25, 0.3) is 10.8 Å². The Morgan fingerprint density at radius 3 is 2.61 bits per heavy atom. The van der Waals surface area contributed by atoms with Gasteiger partial charge in [0.05, 0.1) is 6.61 Å². The second-order valence-corrected chi connectivity index (χ2v) is 7.25. The molecule has 0 aromatic heterocycles. The van der Waals surface area contributed by atoms with E-state index in [1.165, 1.54) is 0 Å². The maximum absolute atomic E-state index is 13.1. The molecule has 3 heteroatoms. The van der Waals surface area contributed by atoms with Crippen LogP contribution >= 0.6 is 0 Å². The minimum absolute atomic E-state index is 0.181. The minimum atomic E-state index is -0.757. The minimum Gasteiger partial charge on any atom is -0.489 e. The molecular weight excluding hydrogens is 348 g/mol. The summed E-state index contributed by atoms with van der Waals surface area (Å²) in [6.45, 7) is 4.84. The number of hydrogen-bond acceptors (Lipinski definition) is 3. The first-order valence-electron chi connectivity index (χ1n) is 9.72. The number of carbonyl (C=O) groups is 1. The van der Waals surface area contributed by atoms with Crippen LogP contribution in [0.1, 0.15) is 30.4 Å². The van der Waals surface area contributed by atoms with Gasteiger partial charge in [0.25, 0.3) is 0 Å². The summed E-state index contributed by atoms with van der Waals surface area (Å²) in [5.41, 5.74) is 1.25. The SMILES string of the molecule is C=CC[C@]1(c2c(OCc3ccccc3)ccc3ccccc23)CCCOC1=O. The predicted octanol–water partition coefficient (Wildman–Crippen LogP) is 5.57. The Labute approximate surface area is 165 Å². The van der Waals surface area contributed by atoms with E-state index in [4.69, 9.17) is 9.47 Å². The first-order valence-corrected chi connectivity index (χ1v) is 9.72. The normalized spacial score (nSPS) is 19.2. The molecular formula is C25H24O3. The maximum Gasteiger partial charge on any atom is 0.317 e. The van der Waals surface area contributed by atoms with Gasteiger partial charge in [0.1, 0.15) is 17.8 Å². The van der Waals surface area contributed by atoms with Crippen LogP contribution in [0.4, 0.5) is 0 Å². The lowest BCUT2D eigenvalue weighted by Gasteiger charge is -2.36. The van der Waals surface area contributed by atoms with Gasteiger partial charge < -0.3 is 9.47 Å². The predicted molar refractivity (Wildman–Crippen MR) is 111 cm³/mol. The molecule has 1 fully saturated rings. The van der Waals surface area contributed by atoms with Crippen LogP contribution in [-0.2, 0) is 21.6 Å². The van der Waals surface area contributed by atoms with Gasteiger partial charge in [-0.15, -0.1) is 6.58 Å². The van der Waals surface area contributed by atoms with Crippen LogP contribution in [0.3, 0.4) is 0 Å². The van der Waals surface area contributed by atoms with Gasteiger partial charge in [0.15, 0.2) is 0 Å². The van der Waals surface area contributed by atoms with Gasteiger partial charge in [0, 0.05) is 5.56 Å². The zero-order valence-corrected chi connectivity index (χ0v) is 15.9. The van der Waals surface area contributed by atoms with E-state index < -0.39 is 5.41 Å². The zero-order valence-electron chi connectivity index (χ0n) is 15.9. The molecule has 1 heterocycles. The van der Waals surface area contributed by atoms with Crippen molar-refractivity contribution in [1.82, 2.24) is 0 Å². The third kappa shape index (κ3) is 3.29. The lowest BCUT2D eigenvalue weighted by molar-refractivity contribution is -0.155. The van der Waals surface area contributed by atoms with Crippen LogP contribution in [0, 0.1) is 0 Å². The van der Waals surface area contributed by atoms with Gasteiger partial charge in [-0.3, -0.25) is 4.79 Å². The Morgan fingerprint density at radius 1 is 1.04 bits per heavy atom. The molecule has 0 unspecified atom stereocenters. The van der Waals surface area contributed by atoms with E-state index >= 15 is 0 Å². The van der Waals surface area contributed by atoms with E-state index in [2.05, 4.69) is 24.8 Å². The molecule has 1 saturated heterocycles. The first-order chi connectivity index (χ1) is 13.7. The molecule has 3 nitrogen and oxygen atoms in total. The first kappa shape index (κ1) is 18.3. The Hall–Kier alpha value is -3.07. The molecule has 0 radical (unpaired) electrons. The van der Waals surface area contributed by atoms with Crippen LogP contribution in [0.15, 0.2) is 79.4 Å². The quantitative estimate of drug-likeness (QED) is 0.419. The van der Waals surface area contributed by atoms with E-state index in [1.54, 1.807) is 0 Å². The fourth-order valence-corrected chi connectivity index (χ4v) is 4.14. The number of fused-ring (bicyclic) bond motifs is 1. The van der Waals surface area contributed by atoms with Gasteiger partial charge in [-0.1, -0.05) is 66.7 Å². The van der Waals surface area contributed by atoms with Crippen LogP contribution in [-0.4, -0.2) is 12.6 Å². The molecule has 28 heavy (non-hydrogen) atoms. The molecule has 0 saturated carbocycles. The van der Waals surface area contributed by atoms with Crippen molar-refractivity contribution in [3.63, 3.8) is 0 Å². The molecule has 0 aliphatic carbocycles. The molecule has 4 rings (SSSR count). The number of allylic oxidation sites excluding steroid dienone is 1. The molecule has 1 atom stereocenters. The van der Waals surface area contributed by atoms with Crippen molar-refractivity contribution in [2.24, 2.45) is 0 Å². The Balaban J connectivity index is 1.86. The summed E-state index contributed by atoms with van der Waals surface area (Å²) in [6, 6.07) is 22.2. The average molecular weight is 372 g/mol. The number of hydrogen-bond donors (Lipinski definition) is 0. The van der Waals surface area contributed by atoms with Crippen molar-refractivity contribution in [2.75, 3.05) is 6.61 Å². The molecule has 1 aliphatic rings. The van der Waals surface area contributed by atoms with Crippen molar-refractivity contribution in [3.05, 3.63) is 90.5 Å². The van der Waals surface area contributed by atoms with Crippen molar-refractivity contribution in [2.45, 2.75) is 31.3 Å². The molecule has 1 aliphatic heterocycles. The summed E-state index contributed by atoms with van der Waals surface area (Å²) in [7, 11) is 0. The lowest BCUT2D eigenvalue weighted by Crippen LogP contribution is -2.41. The van der Waals surface area contributed by atoms with E-state index in [0.29, 0.717) is 19.6 Å². The number of cyclic esters (lactones) is 1. The van der Waals surface area contributed by atoms with Crippen LogP contribution in [0.5, 0.6) is 5.75 Å². The summed E-state index contributed by atoms with van der Waals surface area (Å²) < 4.78 is 11.8. The molecule has 0 bridgehead atoms. The van der Waals surface area contributed by atoms with E-state index in [1.807, 2.05) is 54.6 Å². The molecule has 0 spiro atoms. The Bertz CT molecular complexity index is 993. The topological polar surface area (TPSA) is 35.5 Å². The number of rotatable bonds is 6. The summed E-state index contributed by atoms with van der Waals surface area (Å²) in [4.78, 5) is 13.1. The zero-order chi connectivity index (χ0) is 19.4. The highest BCUT2D eigenvalue weighted by molar-refractivity contribution is 5.96. The van der Waals surface area contributed by atoms with Gasteiger partial charge in [-0.25, -0.2) is 0 Å². The summed E-state index contributed by atoms with van der Waals surface area (Å²) in [5, 5.41) is 2.13. The Morgan fingerprint density at radius 2 is 1.82 bits per heavy atom. The van der Waals surface area contributed by atoms with Crippen molar-refractivity contribution >= 4 is 16.7 Å². The fourth-order valence-electron chi connectivity index (χ4n) is 4.14. The summed E-state index contributed by atoms with van der Waals surface area (Å²) in [6.07, 6.45) is 3.91. The fraction of sp³-hybridized carbons (Fsp3) is 0.240. The third-order valence-corrected chi connectivity index (χ3v) is 5.47. The second-order valence-electron chi connectivity index (χ2n) is 7.25. The largest absolute Gasteiger partial charge is 0.489 e. The number of benzene rings is 3. The van der Waals surface area contributed by atoms with Crippen molar-refractivity contribution < 1.29 is 14.3 Å². The monoisotopic (exact) mass is 372 g/mol. The standard InChI is InChI=1S/C25H24O3/c1-2-15-25(16-8-17-27-24(25)26)23-21-12-7-6-11-20(21)13-14-22(23)28-18-19-9-4-3-5-10-19/h2-7,9-14H,1,8,15-18H2/t25-/m1/s1. The van der Waals surface area contributed by atoms with Gasteiger partial charge in [-0.05, 0) is 41.7 Å². The third-order valence-electron chi connectivity index (χ3n) is 5.47. The Kier molecular flexibility index (Phi) is 5.16. The molecule has 142 valence electrons. The number of ether oxygens (including phenoxy) is 2. The van der Waals surface area contributed by atoms with E-state index in [-0.39, 0.29) is 5.97 Å². The lowest BCUT2D eigenvalue weighted by atomic mass is 9.71. The van der Waals surface area contributed by atoms with E-state index in [0.717, 1.165) is 40.5 Å². The van der Waals surface area contributed by atoms with E-state index in [9.17, 15) is 4.79 Å². The highest BCUT2D eigenvalue weighted by atomic mass is 16.5. The number of carbonyl (C=O) groups excluding carboxylic acids is 1. The van der Waals surface area contributed by atoms with Gasteiger partial charge in [-0.2, -0.15) is 0 Å². The van der Waals surface area contributed by atoms with Crippen LogP contribution in [0.2, 0.25) is 0 Å². The van der Waals surface area contributed by atoms with Gasteiger partial charge in [0.2, 0.25) is 0 Å². The smallest absolute Gasteiger partial charge is 0.317 e.